The lowest BCUT2D eigenvalue weighted by atomic mass is 9.47. The Hall–Kier alpha value is -1.84. The van der Waals surface area contributed by atoms with E-state index in [1.807, 2.05) is 12.1 Å². The molecule has 1 aromatic heterocycles. The van der Waals surface area contributed by atoms with E-state index in [2.05, 4.69) is 51.0 Å². The van der Waals surface area contributed by atoms with Crippen LogP contribution in [0, 0.1) is 46.3 Å². The molecule has 37 heavy (non-hydrogen) atoms. The molecule has 4 aliphatic carbocycles. The number of carbonyl (C=O) groups excluding carboxylic acids is 1. The summed E-state index contributed by atoms with van der Waals surface area (Å²) in [7, 11) is 0. The molecule has 1 aromatic rings. The monoisotopic (exact) mass is 506 g/mol. The van der Waals surface area contributed by atoms with Gasteiger partial charge in [-0.15, -0.1) is 0 Å². The van der Waals surface area contributed by atoms with Gasteiger partial charge in [-0.1, -0.05) is 65.5 Å². The summed E-state index contributed by atoms with van der Waals surface area (Å²) in [6, 6.07) is 3.66. The fourth-order valence-corrected chi connectivity index (χ4v) is 9.49. The highest BCUT2D eigenvalue weighted by Crippen LogP contribution is 2.67. The van der Waals surface area contributed by atoms with Gasteiger partial charge < -0.3 is 4.74 Å². The van der Waals surface area contributed by atoms with E-state index in [0.29, 0.717) is 11.1 Å². The number of hydrogen-bond acceptors (Lipinski definition) is 3. The number of aromatic nitrogens is 1. The van der Waals surface area contributed by atoms with Crippen molar-refractivity contribution < 1.29 is 9.53 Å². The summed E-state index contributed by atoms with van der Waals surface area (Å²) in [5.74, 6) is 5.12. The molecular weight excluding hydrogens is 456 g/mol. The molecule has 4 nitrogen and oxygen atoms in total. The predicted molar refractivity (Wildman–Crippen MR) is 151 cm³/mol. The van der Waals surface area contributed by atoms with Crippen molar-refractivity contribution in [3.05, 3.63) is 36.2 Å². The van der Waals surface area contributed by atoms with E-state index >= 15 is 0 Å². The van der Waals surface area contributed by atoms with Crippen LogP contribution < -0.4 is 5.32 Å². The first-order valence-corrected chi connectivity index (χ1v) is 15.3. The minimum Gasteiger partial charge on any atom is -0.446 e. The van der Waals surface area contributed by atoms with E-state index < -0.39 is 0 Å². The Balaban J connectivity index is 1.22. The van der Waals surface area contributed by atoms with Crippen molar-refractivity contribution in [2.45, 2.75) is 111 Å². The normalized spacial score (nSPS) is 37.7. The van der Waals surface area contributed by atoms with Gasteiger partial charge in [0.05, 0.1) is 11.9 Å². The second-order valence-electron chi connectivity index (χ2n) is 13.9. The van der Waals surface area contributed by atoms with E-state index in [0.717, 1.165) is 54.8 Å². The van der Waals surface area contributed by atoms with Crippen LogP contribution in [-0.2, 0) is 4.74 Å². The zero-order chi connectivity index (χ0) is 26.2. The molecule has 3 saturated carbocycles. The number of amides is 1. The predicted octanol–water partition coefficient (Wildman–Crippen LogP) is 9.04. The molecule has 0 saturated heterocycles. The number of hydrogen-bond donors (Lipinski definition) is 1. The molecule has 0 radical (unpaired) electrons. The first kappa shape index (κ1) is 26.8. The van der Waals surface area contributed by atoms with Gasteiger partial charge >= 0.3 is 6.09 Å². The van der Waals surface area contributed by atoms with Gasteiger partial charge in [0.15, 0.2) is 0 Å². The Morgan fingerprint density at radius 2 is 1.95 bits per heavy atom. The SMILES string of the molecule is CC(C)CCC[C@@H](C)[C@H]1CC[C@H]2[C@@H]3CC=C4C[C@@H](OC(=O)Nc5cccnc5)CC[C@]4(C)[C@H]3CC[C@]12C. The summed E-state index contributed by atoms with van der Waals surface area (Å²) >= 11 is 0. The molecule has 3 fully saturated rings. The third kappa shape index (κ3) is 5.23. The van der Waals surface area contributed by atoms with Crippen LogP contribution in [0.15, 0.2) is 36.2 Å². The van der Waals surface area contributed by atoms with E-state index in [1.54, 1.807) is 18.0 Å². The number of fused-ring (bicyclic) bond motifs is 5. The summed E-state index contributed by atoms with van der Waals surface area (Å²) in [5, 5.41) is 2.83. The highest BCUT2D eigenvalue weighted by atomic mass is 16.6. The van der Waals surface area contributed by atoms with Crippen molar-refractivity contribution in [2.24, 2.45) is 46.3 Å². The molecule has 8 atom stereocenters. The smallest absolute Gasteiger partial charge is 0.411 e. The number of carbonyl (C=O) groups is 1. The number of allylic oxidation sites excluding steroid dienone is 1. The molecule has 204 valence electrons. The minimum atomic E-state index is -0.358. The van der Waals surface area contributed by atoms with Crippen LogP contribution in [-0.4, -0.2) is 17.2 Å². The summed E-state index contributed by atoms with van der Waals surface area (Å²) in [6.07, 6.45) is 19.7. The lowest BCUT2D eigenvalue weighted by molar-refractivity contribution is -0.0577. The van der Waals surface area contributed by atoms with Crippen LogP contribution >= 0.6 is 0 Å². The van der Waals surface area contributed by atoms with Gasteiger partial charge in [0.25, 0.3) is 0 Å². The molecule has 4 aliphatic rings. The second-order valence-corrected chi connectivity index (χ2v) is 13.9. The van der Waals surface area contributed by atoms with Crippen LogP contribution in [0.2, 0.25) is 0 Å². The topological polar surface area (TPSA) is 51.2 Å². The third-order valence-electron chi connectivity index (χ3n) is 11.4. The fourth-order valence-electron chi connectivity index (χ4n) is 9.49. The van der Waals surface area contributed by atoms with Crippen molar-refractivity contribution in [3.8, 4) is 0 Å². The Bertz CT molecular complexity index is 974. The highest BCUT2D eigenvalue weighted by molar-refractivity contribution is 5.84. The van der Waals surface area contributed by atoms with Crippen LogP contribution in [0.1, 0.15) is 105 Å². The number of pyridine rings is 1. The third-order valence-corrected chi connectivity index (χ3v) is 11.4. The molecule has 0 aromatic carbocycles. The average Bonchev–Trinajstić information content (AvgIpc) is 3.22. The van der Waals surface area contributed by atoms with Gasteiger partial charge in [-0.2, -0.15) is 0 Å². The van der Waals surface area contributed by atoms with Crippen molar-refractivity contribution >= 4 is 11.8 Å². The number of anilines is 1. The Morgan fingerprint density at radius 3 is 2.70 bits per heavy atom. The molecule has 4 heteroatoms. The van der Waals surface area contributed by atoms with Gasteiger partial charge in [0.1, 0.15) is 6.10 Å². The Labute approximate surface area is 225 Å². The van der Waals surface area contributed by atoms with Gasteiger partial charge in [-0.3, -0.25) is 10.3 Å². The van der Waals surface area contributed by atoms with Crippen molar-refractivity contribution in [3.63, 3.8) is 0 Å². The quantitative estimate of drug-likeness (QED) is 0.375. The standard InChI is InChI=1S/C33H50N2O2/c1-22(2)8-6-9-23(3)28-13-14-29-27-12-11-24-20-26(37-31(36)35-25-10-7-19-34-21-25)15-17-32(24,4)30(27)16-18-33(28,29)5/h7,10-11,19,21-23,26-30H,6,8-9,12-18,20H2,1-5H3,(H,35,36)/t23-,26+,27+,28-,29+,30+,32+,33-/m1/s1. The largest absolute Gasteiger partial charge is 0.446 e. The van der Waals surface area contributed by atoms with Crippen LogP contribution in [0.5, 0.6) is 0 Å². The lowest BCUT2D eigenvalue weighted by Gasteiger charge is -2.58. The zero-order valence-electron chi connectivity index (χ0n) is 24.0. The van der Waals surface area contributed by atoms with Crippen LogP contribution in [0.25, 0.3) is 0 Å². The first-order valence-electron chi connectivity index (χ1n) is 15.3. The summed E-state index contributed by atoms with van der Waals surface area (Å²) in [5.41, 5.74) is 3.07. The van der Waals surface area contributed by atoms with E-state index in [1.165, 1.54) is 51.4 Å². The van der Waals surface area contributed by atoms with E-state index in [4.69, 9.17) is 4.74 Å². The number of nitrogens with one attached hydrogen (secondary N) is 1. The van der Waals surface area contributed by atoms with Gasteiger partial charge in [0, 0.05) is 12.6 Å². The zero-order valence-corrected chi connectivity index (χ0v) is 24.0. The maximum absolute atomic E-state index is 12.5. The van der Waals surface area contributed by atoms with Crippen LogP contribution in [0.4, 0.5) is 10.5 Å². The molecule has 1 N–H and O–H groups in total. The van der Waals surface area contributed by atoms with Gasteiger partial charge in [-0.05, 0) is 103 Å². The number of rotatable bonds is 7. The van der Waals surface area contributed by atoms with Crippen molar-refractivity contribution in [1.29, 1.82) is 0 Å². The molecule has 0 aliphatic heterocycles. The number of nitrogens with zero attached hydrogens (tertiary/aromatic N) is 1. The summed E-state index contributed by atoms with van der Waals surface area (Å²) in [6.45, 7) is 12.5. The molecule has 5 rings (SSSR count). The summed E-state index contributed by atoms with van der Waals surface area (Å²) in [4.78, 5) is 16.6. The first-order chi connectivity index (χ1) is 17.7. The Kier molecular flexibility index (Phi) is 7.76. The minimum absolute atomic E-state index is 0.0241. The molecule has 0 bridgehead atoms. The van der Waals surface area contributed by atoms with Crippen LogP contribution in [0.3, 0.4) is 0 Å². The van der Waals surface area contributed by atoms with Crippen molar-refractivity contribution in [1.82, 2.24) is 4.98 Å². The maximum atomic E-state index is 12.5. The molecule has 1 amide bonds. The Morgan fingerprint density at radius 1 is 1.11 bits per heavy atom. The molecule has 1 heterocycles. The highest BCUT2D eigenvalue weighted by Gasteiger charge is 2.59. The van der Waals surface area contributed by atoms with E-state index in [-0.39, 0.29) is 17.6 Å². The van der Waals surface area contributed by atoms with Gasteiger partial charge in [0.2, 0.25) is 0 Å². The van der Waals surface area contributed by atoms with E-state index in [9.17, 15) is 4.79 Å². The average molecular weight is 507 g/mol. The molecule has 0 unspecified atom stereocenters. The lowest BCUT2D eigenvalue weighted by Crippen LogP contribution is -2.51. The molecular formula is C33H50N2O2. The summed E-state index contributed by atoms with van der Waals surface area (Å²) < 4.78 is 5.88. The molecule has 0 spiro atoms. The number of ether oxygens (including phenoxy) is 1. The maximum Gasteiger partial charge on any atom is 0.411 e. The second kappa shape index (κ2) is 10.7. The van der Waals surface area contributed by atoms with Crippen molar-refractivity contribution in [2.75, 3.05) is 5.32 Å². The van der Waals surface area contributed by atoms with Gasteiger partial charge in [-0.25, -0.2) is 4.79 Å². The fraction of sp³-hybridized carbons (Fsp3) is 0.758.